The highest BCUT2D eigenvalue weighted by Gasteiger charge is 2.30. The van der Waals surface area contributed by atoms with Gasteiger partial charge in [0.25, 0.3) is 0 Å². The maximum atomic E-state index is 11.4. The molecule has 0 aliphatic carbocycles. The van der Waals surface area contributed by atoms with Crippen molar-refractivity contribution in [3.63, 3.8) is 0 Å². The van der Waals surface area contributed by atoms with Gasteiger partial charge in [0.15, 0.2) is 5.60 Å². The molecule has 5 nitrogen and oxygen atoms in total. The van der Waals surface area contributed by atoms with E-state index < -0.39 is 17.5 Å². The van der Waals surface area contributed by atoms with Crippen molar-refractivity contribution in [2.24, 2.45) is 5.73 Å². The van der Waals surface area contributed by atoms with Gasteiger partial charge in [0.05, 0.1) is 7.11 Å². The van der Waals surface area contributed by atoms with Gasteiger partial charge in [-0.3, -0.25) is 4.79 Å². The van der Waals surface area contributed by atoms with E-state index in [4.69, 9.17) is 10.5 Å². The number of primary amides is 1. The molecule has 1 aromatic carbocycles. The Morgan fingerprint density at radius 1 is 1.18 bits per heavy atom. The fourth-order valence-corrected chi connectivity index (χ4v) is 1.27. The Balaban J connectivity index is 2.82. The highest BCUT2D eigenvalue weighted by atomic mass is 16.6. The molecule has 0 bridgehead atoms. The van der Waals surface area contributed by atoms with Crippen molar-refractivity contribution in [2.75, 3.05) is 7.11 Å². The Morgan fingerprint density at radius 2 is 1.71 bits per heavy atom. The summed E-state index contributed by atoms with van der Waals surface area (Å²) in [5.41, 5.74) is 4.41. The second-order valence-electron chi connectivity index (χ2n) is 3.99. The van der Waals surface area contributed by atoms with E-state index in [-0.39, 0.29) is 0 Å². The predicted octanol–water partition coefficient (Wildman–Crippen LogP) is 1.12. The zero-order valence-electron chi connectivity index (χ0n) is 10.0. The molecule has 92 valence electrons. The first kappa shape index (κ1) is 13.0. The number of nitrogens with two attached hydrogens (primary N) is 1. The Hall–Kier alpha value is -2.04. The first-order chi connectivity index (χ1) is 7.86. The summed E-state index contributed by atoms with van der Waals surface area (Å²) in [6.07, 6.45) is 0. The molecular weight excluding hydrogens is 222 g/mol. The van der Waals surface area contributed by atoms with Gasteiger partial charge >= 0.3 is 5.97 Å². The van der Waals surface area contributed by atoms with Crippen LogP contribution in [-0.2, 0) is 9.53 Å². The molecule has 1 amide bonds. The van der Waals surface area contributed by atoms with Crippen LogP contribution in [0.1, 0.15) is 24.2 Å². The van der Waals surface area contributed by atoms with Gasteiger partial charge in [-0.1, -0.05) is 0 Å². The fourth-order valence-electron chi connectivity index (χ4n) is 1.27. The van der Waals surface area contributed by atoms with Gasteiger partial charge < -0.3 is 15.2 Å². The van der Waals surface area contributed by atoms with Crippen molar-refractivity contribution in [2.45, 2.75) is 19.4 Å². The van der Waals surface area contributed by atoms with E-state index in [1.807, 2.05) is 0 Å². The molecule has 17 heavy (non-hydrogen) atoms. The molecule has 0 fully saturated rings. The lowest BCUT2D eigenvalue weighted by atomic mass is 10.1. The maximum absolute atomic E-state index is 11.4. The van der Waals surface area contributed by atoms with Crippen LogP contribution < -0.4 is 10.5 Å². The maximum Gasteiger partial charge on any atom is 0.349 e. The average Bonchev–Trinajstić information content (AvgIpc) is 2.28. The molecule has 1 aromatic rings. The number of methoxy groups -OCH3 is 1. The number of rotatable bonds is 4. The molecule has 5 heteroatoms. The van der Waals surface area contributed by atoms with Gasteiger partial charge in [-0.25, -0.2) is 4.79 Å². The van der Waals surface area contributed by atoms with Crippen LogP contribution in [0.5, 0.6) is 5.75 Å². The number of hydrogen-bond acceptors (Lipinski definition) is 4. The van der Waals surface area contributed by atoms with E-state index in [1.54, 1.807) is 26.0 Å². The van der Waals surface area contributed by atoms with Crippen molar-refractivity contribution in [1.82, 2.24) is 0 Å². The Kier molecular flexibility index (Phi) is 3.73. The van der Waals surface area contributed by atoms with E-state index in [9.17, 15) is 9.59 Å². The third-order valence-corrected chi connectivity index (χ3v) is 2.19. The summed E-state index contributed by atoms with van der Waals surface area (Å²) >= 11 is 0. The molecule has 0 spiro atoms. The largest absolute Gasteiger partial charge is 0.476 e. The summed E-state index contributed by atoms with van der Waals surface area (Å²) in [4.78, 5) is 22.3. The monoisotopic (exact) mass is 237 g/mol. The van der Waals surface area contributed by atoms with E-state index in [2.05, 4.69) is 4.74 Å². The Morgan fingerprint density at radius 3 is 2.12 bits per heavy atom. The number of ether oxygens (including phenoxy) is 2. The number of benzene rings is 1. The van der Waals surface area contributed by atoms with E-state index in [0.29, 0.717) is 11.3 Å². The predicted molar refractivity (Wildman–Crippen MR) is 61.7 cm³/mol. The van der Waals surface area contributed by atoms with Crippen molar-refractivity contribution >= 4 is 11.9 Å². The van der Waals surface area contributed by atoms with Crippen LogP contribution in [0, 0.1) is 0 Å². The van der Waals surface area contributed by atoms with Crippen LogP contribution in [0.4, 0.5) is 0 Å². The highest BCUT2D eigenvalue weighted by Crippen LogP contribution is 2.19. The van der Waals surface area contributed by atoms with E-state index in [1.165, 1.54) is 19.2 Å². The molecule has 1 rings (SSSR count). The molecule has 0 atom stereocenters. The minimum absolute atomic E-state index is 0.383. The molecule has 2 N–H and O–H groups in total. The summed E-state index contributed by atoms with van der Waals surface area (Å²) < 4.78 is 10.1. The average molecular weight is 237 g/mol. The lowest BCUT2D eigenvalue weighted by Gasteiger charge is -2.23. The van der Waals surface area contributed by atoms with Crippen molar-refractivity contribution < 1.29 is 19.1 Å². The second-order valence-corrected chi connectivity index (χ2v) is 3.99. The van der Waals surface area contributed by atoms with Gasteiger partial charge in [0.2, 0.25) is 5.91 Å². The smallest absolute Gasteiger partial charge is 0.349 e. The number of carbonyl (C=O) groups is 2. The topological polar surface area (TPSA) is 78.6 Å². The molecular formula is C12H15NO4. The normalized spacial score (nSPS) is 10.8. The number of amides is 1. The third kappa shape index (κ3) is 3.21. The summed E-state index contributed by atoms with van der Waals surface area (Å²) in [5.74, 6) is -0.523. The fraction of sp³-hybridized carbons (Fsp3) is 0.333. The lowest BCUT2D eigenvalue weighted by Crippen LogP contribution is -2.39. The van der Waals surface area contributed by atoms with E-state index in [0.717, 1.165) is 0 Å². The number of carbonyl (C=O) groups excluding carboxylic acids is 2. The van der Waals surface area contributed by atoms with Gasteiger partial charge in [0, 0.05) is 5.56 Å². The van der Waals surface area contributed by atoms with Gasteiger partial charge in [-0.2, -0.15) is 0 Å². The minimum Gasteiger partial charge on any atom is -0.476 e. The van der Waals surface area contributed by atoms with Crippen LogP contribution in [0.15, 0.2) is 24.3 Å². The summed E-state index contributed by atoms with van der Waals surface area (Å²) in [7, 11) is 1.30. The van der Waals surface area contributed by atoms with Crippen LogP contribution >= 0.6 is 0 Å². The molecule has 0 saturated heterocycles. The molecule has 0 unspecified atom stereocenters. The SMILES string of the molecule is COC(=O)C(C)(C)Oc1ccc(C(N)=O)cc1. The van der Waals surface area contributed by atoms with Crippen LogP contribution in [0.2, 0.25) is 0 Å². The van der Waals surface area contributed by atoms with Crippen LogP contribution in [-0.4, -0.2) is 24.6 Å². The molecule has 0 saturated carbocycles. The van der Waals surface area contributed by atoms with E-state index >= 15 is 0 Å². The molecule has 0 radical (unpaired) electrons. The van der Waals surface area contributed by atoms with Crippen molar-refractivity contribution in [3.8, 4) is 5.75 Å². The first-order valence-corrected chi connectivity index (χ1v) is 5.04. The third-order valence-electron chi connectivity index (χ3n) is 2.19. The van der Waals surface area contributed by atoms with Gasteiger partial charge in [0.1, 0.15) is 5.75 Å². The standard InChI is InChI=1S/C12H15NO4/c1-12(2,11(15)16-3)17-9-6-4-8(5-7-9)10(13)14/h4-7H,1-3H3,(H2,13,14). The molecule has 0 aliphatic rings. The quantitative estimate of drug-likeness (QED) is 0.796. The minimum atomic E-state index is -1.08. The lowest BCUT2D eigenvalue weighted by molar-refractivity contribution is -0.156. The van der Waals surface area contributed by atoms with Crippen molar-refractivity contribution in [3.05, 3.63) is 29.8 Å². The van der Waals surface area contributed by atoms with Crippen LogP contribution in [0.25, 0.3) is 0 Å². The molecule has 0 aromatic heterocycles. The second kappa shape index (κ2) is 4.86. The Labute approximate surface area is 99.5 Å². The van der Waals surface area contributed by atoms with Gasteiger partial charge in [-0.05, 0) is 38.1 Å². The van der Waals surface area contributed by atoms with Gasteiger partial charge in [-0.15, -0.1) is 0 Å². The number of esters is 1. The first-order valence-electron chi connectivity index (χ1n) is 5.04. The van der Waals surface area contributed by atoms with Crippen molar-refractivity contribution in [1.29, 1.82) is 0 Å². The summed E-state index contributed by atoms with van der Waals surface area (Å²) in [6, 6.07) is 6.21. The number of hydrogen-bond donors (Lipinski definition) is 1. The molecule has 0 heterocycles. The summed E-state index contributed by atoms with van der Waals surface area (Å²) in [6.45, 7) is 3.20. The zero-order valence-corrected chi connectivity index (χ0v) is 10.0. The zero-order chi connectivity index (χ0) is 13.1. The van der Waals surface area contributed by atoms with Crippen LogP contribution in [0.3, 0.4) is 0 Å². The highest BCUT2D eigenvalue weighted by molar-refractivity contribution is 5.92. The molecule has 0 aliphatic heterocycles. The summed E-state index contributed by atoms with van der Waals surface area (Å²) in [5, 5.41) is 0. The Bertz CT molecular complexity index is 423.